The van der Waals surface area contributed by atoms with Gasteiger partial charge in [0.25, 0.3) is 0 Å². The fourth-order valence-corrected chi connectivity index (χ4v) is 1.39. The van der Waals surface area contributed by atoms with Crippen molar-refractivity contribution >= 4 is 15.9 Å². The maximum absolute atomic E-state index is 9.56. The molecule has 1 heterocycles. The molecule has 2 nitrogen and oxygen atoms in total. The highest BCUT2D eigenvalue weighted by atomic mass is 79.9. The van der Waals surface area contributed by atoms with E-state index in [-0.39, 0.29) is 0 Å². The molecule has 0 saturated carbocycles. The van der Waals surface area contributed by atoms with Crippen LogP contribution >= 0.6 is 15.9 Å². The van der Waals surface area contributed by atoms with Gasteiger partial charge in [0, 0.05) is 0 Å². The number of pyridine rings is 1. The normalized spacial score (nSPS) is 12.9. The van der Waals surface area contributed by atoms with Gasteiger partial charge in [0.05, 0.1) is 11.8 Å². The molecule has 1 N–H and O–H groups in total. The molecule has 0 bridgehead atoms. The van der Waals surface area contributed by atoms with E-state index in [1.54, 1.807) is 0 Å². The molecule has 1 atom stereocenters. The van der Waals surface area contributed by atoms with Gasteiger partial charge in [-0.25, -0.2) is 4.98 Å². The van der Waals surface area contributed by atoms with Crippen molar-refractivity contribution in [3.05, 3.63) is 28.5 Å². The lowest BCUT2D eigenvalue weighted by Crippen LogP contribution is -1.99. The van der Waals surface area contributed by atoms with E-state index in [0.29, 0.717) is 0 Å². The van der Waals surface area contributed by atoms with Crippen LogP contribution in [0.2, 0.25) is 0 Å². The number of hydrogen-bond acceptors (Lipinski definition) is 2. The number of aromatic nitrogens is 1. The Bertz CT molecular complexity index is 252. The molecular formula is C9H12BrNO. The van der Waals surface area contributed by atoms with Crippen molar-refractivity contribution in [3.63, 3.8) is 0 Å². The molecular weight excluding hydrogens is 218 g/mol. The van der Waals surface area contributed by atoms with Gasteiger partial charge in [-0.3, -0.25) is 0 Å². The smallest absolute Gasteiger partial charge is 0.106 e. The number of hydrogen-bond donors (Lipinski definition) is 1. The first kappa shape index (κ1) is 9.68. The fraction of sp³-hybridized carbons (Fsp3) is 0.444. The van der Waals surface area contributed by atoms with Crippen LogP contribution in [0.5, 0.6) is 0 Å². The Morgan fingerprint density at radius 2 is 2.33 bits per heavy atom. The van der Waals surface area contributed by atoms with E-state index in [2.05, 4.69) is 20.9 Å². The molecule has 0 aliphatic carbocycles. The minimum Gasteiger partial charge on any atom is -0.387 e. The maximum Gasteiger partial charge on any atom is 0.106 e. The zero-order valence-electron chi connectivity index (χ0n) is 7.00. The lowest BCUT2D eigenvalue weighted by atomic mass is 10.1. The molecule has 1 unspecified atom stereocenters. The Morgan fingerprint density at radius 1 is 1.58 bits per heavy atom. The second-order valence-corrected chi connectivity index (χ2v) is 3.50. The van der Waals surface area contributed by atoms with Gasteiger partial charge in [-0.2, -0.15) is 0 Å². The van der Waals surface area contributed by atoms with Gasteiger partial charge in [-0.1, -0.05) is 19.4 Å². The molecule has 0 aliphatic heterocycles. The van der Waals surface area contributed by atoms with Crippen LogP contribution in [-0.2, 0) is 0 Å². The summed E-state index contributed by atoms with van der Waals surface area (Å²) in [4.78, 5) is 4.16. The second-order valence-electron chi connectivity index (χ2n) is 2.69. The molecule has 1 aromatic heterocycles. The molecule has 0 aromatic carbocycles. The summed E-state index contributed by atoms with van der Waals surface area (Å²) in [5, 5.41) is 9.56. The fourth-order valence-electron chi connectivity index (χ4n) is 1.03. The Labute approximate surface area is 80.8 Å². The standard InChI is InChI=1S/C9H12BrNO/c1-2-4-8(12)7-5-3-6-9(10)11-7/h3,5-6,8,12H,2,4H2,1H3. The SMILES string of the molecule is CCCC(O)c1cccc(Br)n1. The lowest BCUT2D eigenvalue weighted by Gasteiger charge is -2.07. The highest BCUT2D eigenvalue weighted by Gasteiger charge is 2.06. The van der Waals surface area contributed by atoms with Crippen LogP contribution in [0.3, 0.4) is 0 Å². The van der Waals surface area contributed by atoms with E-state index in [4.69, 9.17) is 0 Å². The molecule has 0 radical (unpaired) electrons. The largest absolute Gasteiger partial charge is 0.387 e. The average molecular weight is 230 g/mol. The third kappa shape index (κ3) is 2.57. The molecule has 0 saturated heterocycles. The zero-order chi connectivity index (χ0) is 8.97. The van der Waals surface area contributed by atoms with Crippen molar-refractivity contribution in [1.29, 1.82) is 0 Å². The van der Waals surface area contributed by atoms with Crippen LogP contribution in [0.25, 0.3) is 0 Å². The number of rotatable bonds is 3. The molecule has 1 rings (SSSR count). The van der Waals surface area contributed by atoms with Gasteiger partial charge in [0.15, 0.2) is 0 Å². The molecule has 0 amide bonds. The first-order valence-electron chi connectivity index (χ1n) is 4.04. The minimum atomic E-state index is -0.424. The van der Waals surface area contributed by atoms with Gasteiger partial charge in [-0.05, 0) is 34.5 Å². The van der Waals surface area contributed by atoms with E-state index >= 15 is 0 Å². The van der Waals surface area contributed by atoms with Crippen LogP contribution in [0.15, 0.2) is 22.8 Å². The van der Waals surface area contributed by atoms with E-state index in [9.17, 15) is 5.11 Å². The van der Waals surface area contributed by atoms with Crippen LogP contribution in [-0.4, -0.2) is 10.1 Å². The van der Waals surface area contributed by atoms with Crippen molar-refractivity contribution in [2.24, 2.45) is 0 Å². The minimum absolute atomic E-state index is 0.424. The molecule has 66 valence electrons. The number of halogens is 1. The maximum atomic E-state index is 9.56. The molecule has 3 heteroatoms. The van der Waals surface area contributed by atoms with Crippen LogP contribution in [0, 0.1) is 0 Å². The Kier molecular flexibility index (Phi) is 3.69. The lowest BCUT2D eigenvalue weighted by molar-refractivity contribution is 0.161. The zero-order valence-corrected chi connectivity index (χ0v) is 8.58. The summed E-state index contributed by atoms with van der Waals surface area (Å²) >= 11 is 3.26. The van der Waals surface area contributed by atoms with Gasteiger partial charge in [0.1, 0.15) is 4.60 Å². The van der Waals surface area contributed by atoms with Crippen molar-refractivity contribution < 1.29 is 5.11 Å². The number of aliphatic hydroxyl groups excluding tert-OH is 1. The summed E-state index contributed by atoms with van der Waals surface area (Å²) in [6.45, 7) is 2.04. The number of aliphatic hydroxyl groups is 1. The van der Waals surface area contributed by atoms with E-state index in [1.807, 2.05) is 25.1 Å². The summed E-state index contributed by atoms with van der Waals surface area (Å²) in [5.41, 5.74) is 0.742. The topological polar surface area (TPSA) is 33.1 Å². The highest BCUT2D eigenvalue weighted by Crippen LogP contribution is 2.17. The van der Waals surface area contributed by atoms with Crippen molar-refractivity contribution in [3.8, 4) is 0 Å². The predicted octanol–water partition coefficient (Wildman–Crippen LogP) is 2.68. The van der Waals surface area contributed by atoms with Gasteiger partial charge < -0.3 is 5.11 Å². The quantitative estimate of drug-likeness (QED) is 0.809. The molecule has 12 heavy (non-hydrogen) atoms. The molecule has 0 spiro atoms. The molecule has 1 aromatic rings. The third-order valence-corrected chi connectivity index (χ3v) is 2.08. The summed E-state index contributed by atoms with van der Waals surface area (Å²) in [6.07, 6.45) is 1.31. The molecule has 0 aliphatic rings. The first-order chi connectivity index (χ1) is 5.74. The monoisotopic (exact) mass is 229 g/mol. The van der Waals surface area contributed by atoms with Crippen LogP contribution in [0.1, 0.15) is 31.6 Å². The average Bonchev–Trinajstić information content (AvgIpc) is 2.05. The second kappa shape index (κ2) is 4.58. The third-order valence-electron chi connectivity index (χ3n) is 1.64. The Balaban J connectivity index is 2.73. The summed E-state index contributed by atoms with van der Waals surface area (Å²) < 4.78 is 0.773. The highest BCUT2D eigenvalue weighted by molar-refractivity contribution is 9.10. The van der Waals surface area contributed by atoms with Gasteiger partial charge in [0.2, 0.25) is 0 Å². The van der Waals surface area contributed by atoms with E-state index < -0.39 is 6.10 Å². The Morgan fingerprint density at radius 3 is 2.92 bits per heavy atom. The van der Waals surface area contributed by atoms with Gasteiger partial charge in [-0.15, -0.1) is 0 Å². The summed E-state index contributed by atoms with van der Waals surface area (Å²) in [6, 6.07) is 5.57. The molecule has 0 fully saturated rings. The number of nitrogens with zero attached hydrogens (tertiary/aromatic N) is 1. The van der Waals surface area contributed by atoms with Crippen molar-refractivity contribution in [2.45, 2.75) is 25.9 Å². The summed E-state index contributed by atoms with van der Waals surface area (Å²) in [7, 11) is 0. The van der Waals surface area contributed by atoms with Gasteiger partial charge >= 0.3 is 0 Å². The van der Waals surface area contributed by atoms with Crippen LogP contribution in [0.4, 0.5) is 0 Å². The first-order valence-corrected chi connectivity index (χ1v) is 4.84. The Hall–Kier alpha value is -0.410. The van der Waals surface area contributed by atoms with E-state index in [1.165, 1.54) is 0 Å². The van der Waals surface area contributed by atoms with Crippen LogP contribution < -0.4 is 0 Å². The summed E-state index contributed by atoms with van der Waals surface area (Å²) in [5.74, 6) is 0. The predicted molar refractivity (Wildman–Crippen MR) is 51.8 cm³/mol. The van der Waals surface area contributed by atoms with E-state index in [0.717, 1.165) is 23.1 Å². The van der Waals surface area contributed by atoms with Crippen molar-refractivity contribution in [2.75, 3.05) is 0 Å². The van der Waals surface area contributed by atoms with Crippen molar-refractivity contribution in [1.82, 2.24) is 4.98 Å².